The van der Waals surface area contributed by atoms with Gasteiger partial charge in [0.15, 0.2) is 0 Å². The van der Waals surface area contributed by atoms with E-state index < -0.39 is 0 Å². The largest absolute Gasteiger partial charge is 0.381 e. The minimum Gasteiger partial charge on any atom is -0.381 e. The van der Waals surface area contributed by atoms with Gasteiger partial charge in [-0.3, -0.25) is 0 Å². The summed E-state index contributed by atoms with van der Waals surface area (Å²) in [6.07, 6.45) is 4.04. The van der Waals surface area contributed by atoms with Crippen LogP contribution >= 0.6 is 15.9 Å². The van der Waals surface area contributed by atoms with Crippen LogP contribution in [0, 0.1) is 5.41 Å². The van der Waals surface area contributed by atoms with Gasteiger partial charge >= 0.3 is 0 Å². The van der Waals surface area contributed by atoms with Gasteiger partial charge < -0.3 is 9.47 Å². The van der Waals surface area contributed by atoms with Crippen molar-refractivity contribution in [2.75, 3.05) is 25.2 Å². The maximum absolute atomic E-state index is 5.72. The summed E-state index contributed by atoms with van der Waals surface area (Å²) in [6, 6.07) is 0. The summed E-state index contributed by atoms with van der Waals surface area (Å²) in [5, 5.41) is 1.02. The lowest BCUT2D eigenvalue weighted by Gasteiger charge is -2.30. The monoisotopic (exact) mass is 234 g/mol. The number of halogens is 1. The summed E-state index contributed by atoms with van der Waals surface area (Å²) in [4.78, 5) is 0. The van der Waals surface area contributed by atoms with Crippen molar-refractivity contribution in [2.24, 2.45) is 5.41 Å². The molecule has 0 bridgehead atoms. The molecule has 2 heterocycles. The van der Waals surface area contributed by atoms with Crippen molar-refractivity contribution >= 4 is 15.9 Å². The molecule has 0 spiro atoms. The van der Waals surface area contributed by atoms with Gasteiger partial charge in [0.05, 0.1) is 12.7 Å². The summed E-state index contributed by atoms with van der Waals surface area (Å²) >= 11 is 3.58. The predicted octanol–water partition coefficient (Wildman–Crippen LogP) is 1.97. The van der Waals surface area contributed by atoms with Crippen molar-refractivity contribution < 1.29 is 9.47 Å². The second kappa shape index (κ2) is 3.64. The first kappa shape index (κ1) is 8.97. The summed E-state index contributed by atoms with van der Waals surface area (Å²) < 4.78 is 11.2. The van der Waals surface area contributed by atoms with Crippen LogP contribution in [0.25, 0.3) is 0 Å². The van der Waals surface area contributed by atoms with Crippen LogP contribution in [0.5, 0.6) is 0 Å². The maximum atomic E-state index is 5.72. The van der Waals surface area contributed by atoms with Gasteiger partial charge in [0.2, 0.25) is 0 Å². The molecule has 0 saturated carbocycles. The van der Waals surface area contributed by atoms with Gasteiger partial charge in [-0.25, -0.2) is 0 Å². The molecule has 0 N–H and O–H groups in total. The number of hydrogen-bond donors (Lipinski definition) is 0. The smallest absolute Gasteiger partial charge is 0.0663 e. The highest BCUT2D eigenvalue weighted by Gasteiger charge is 2.43. The van der Waals surface area contributed by atoms with Gasteiger partial charge in [-0.05, 0) is 19.3 Å². The zero-order chi connectivity index (χ0) is 8.44. The van der Waals surface area contributed by atoms with Crippen LogP contribution < -0.4 is 0 Å². The average molecular weight is 235 g/mol. The van der Waals surface area contributed by atoms with Crippen molar-refractivity contribution in [1.29, 1.82) is 0 Å². The van der Waals surface area contributed by atoms with Crippen LogP contribution in [0.4, 0.5) is 0 Å². The molecule has 3 heteroatoms. The average Bonchev–Trinajstić information content (AvgIpc) is 2.76. The normalized spacial score (nSPS) is 42.2. The van der Waals surface area contributed by atoms with E-state index >= 15 is 0 Å². The molecule has 0 radical (unpaired) electrons. The molecule has 12 heavy (non-hydrogen) atoms. The topological polar surface area (TPSA) is 18.5 Å². The van der Waals surface area contributed by atoms with E-state index in [1.165, 1.54) is 12.8 Å². The third kappa shape index (κ3) is 1.42. The molecule has 2 nitrogen and oxygen atoms in total. The Morgan fingerprint density at radius 1 is 1.42 bits per heavy atom. The molecule has 2 saturated heterocycles. The quantitative estimate of drug-likeness (QED) is 0.681. The Labute approximate surface area is 81.7 Å². The lowest BCUT2D eigenvalue weighted by molar-refractivity contribution is 0.00635. The fourth-order valence-corrected chi connectivity index (χ4v) is 2.93. The fraction of sp³-hybridized carbons (Fsp3) is 1.00. The fourth-order valence-electron chi connectivity index (χ4n) is 2.13. The number of hydrogen-bond acceptors (Lipinski definition) is 2. The minimum absolute atomic E-state index is 0.288. The lowest BCUT2D eigenvalue weighted by Crippen LogP contribution is -2.36. The summed E-state index contributed by atoms with van der Waals surface area (Å²) in [5.41, 5.74) is 0.288. The van der Waals surface area contributed by atoms with E-state index in [0.29, 0.717) is 6.10 Å². The van der Waals surface area contributed by atoms with E-state index in [0.717, 1.165) is 31.6 Å². The Morgan fingerprint density at radius 3 is 2.83 bits per heavy atom. The first-order valence-electron chi connectivity index (χ1n) is 4.63. The number of alkyl halides is 1. The van der Waals surface area contributed by atoms with Crippen LogP contribution in [0.3, 0.4) is 0 Å². The van der Waals surface area contributed by atoms with E-state index in [1.54, 1.807) is 0 Å². The third-order valence-corrected chi connectivity index (χ3v) is 4.13. The first-order chi connectivity index (χ1) is 5.87. The molecule has 0 aromatic carbocycles. The highest BCUT2D eigenvalue weighted by molar-refractivity contribution is 9.09. The SMILES string of the molecule is BrCC1(C2CCCO2)CCOC1. The Hall–Kier alpha value is 0.400. The maximum Gasteiger partial charge on any atom is 0.0663 e. The van der Waals surface area contributed by atoms with Crippen LogP contribution in [0.15, 0.2) is 0 Å². The van der Waals surface area contributed by atoms with Crippen molar-refractivity contribution in [1.82, 2.24) is 0 Å². The van der Waals surface area contributed by atoms with Gasteiger partial charge in [0, 0.05) is 24.0 Å². The first-order valence-corrected chi connectivity index (χ1v) is 5.75. The summed E-state index contributed by atoms with van der Waals surface area (Å²) in [7, 11) is 0. The molecule has 0 aromatic heterocycles. The third-order valence-electron chi connectivity index (χ3n) is 3.01. The molecular formula is C9H15BrO2. The van der Waals surface area contributed by atoms with Gasteiger partial charge in [-0.15, -0.1) is 0 Å². The zero-order valence-electron chi connectivity index (χ0n) is 7.22. The molecule has 70 valence electrons. The molecule has 2 rings (SSSR count). The van der Waals surface area contributed by atoms with Crippen molar-refractivity contribution in [2.45, 2.75) is 25.4 Å². The van der Waals surface area contributed by atoms with Gasteiger partial charge in [-0.2, -0.15) is 0 Å². The van der Waals surface area contributed by atoms with Crippen molar-refractivity contribution in [3.05, 3.63) is 0 Å². The van der Waals surface area contributed by atoms with E-state index in [9.17, 15) is 0 Å². The summed E-state index contributed by atoms with van der Waals surface area (Å²) in [6.45, 7) is 2.73. The van der Waals surface area contributed by atoms with Crippen molar-refractivity contribution in [3.63, 3.8) is 0 Å². The molecule has 2 aliphatic rings. The Morgan fingerprint density at radius 2 is 2.33 bits per heavy atom. The van der Waals surface area contributed by atoms with Crippen LogP contribution in [-0.2, 0) is 9.47 Å². The molecule has 0 aromatic rings. The molecule has 0 amide bonds. The second-order valence-corrected chi connectivity index (χ2v) is 4.36. The lowest BCUT2D eigenvalue weighted by atomic mass is 9.82. The second-order valence-electron chi connectivity index (χ2n) is 3.80. The molecule has 2 atom stereocenters. The van der Waals surface area contributed by atoms with Crippen LogP contribution in [0.2, 0.25) is 0 Å². The van der Waals surface area contributed by atoms with Crippen LogP contribution in [-0.4, -0.2) is 31.3 Å². The molecule has 2 aliphatic heterocycles. The predicted molar refractivity (Wildman–Crippen MR) is 50.6 cm³/mol. The Bertz CT molecular complexity index is 149. The molecule has 2 fully saturated rings. The Balaban J connectivity index is 2.04. The van der Waals surface area contributed by atoms with Crippen LogP contribution in [0.1, 0.15) is 19.3 Å². The van der Waals surface area contributed by atoms with E-state index in [2.05, 4.69) is 15.9 Å². The highest BCUT2D eigenvalue weighted by atomic mass is 79.9. The highest BCUT2D eigenvalue weighted by Crippen LogP contribution is 2.40. The molecular weight excluding hydrogens is 220 g/mol. The van der Waals surface area contributed by atoms with Gasteiger partial charge in [-0.1, -0.05) is 15.9 Å². The standard InChI is InChI=1S/C9H15BrO2/c10-6-9(3-5-11-7-9)8-2-1-4-12-8/h8H,1-7H2. The molecule has 0 aliphatic carbocycles. The van der Waals surface area contributed by atoms with E-state index in [1.807, 2.05) is 0 Å². The Kier molecular flexibility index (Phi) is 2.72. The van der Waals surface area contributed by atoms with E-state index in [4.69, 9.17) is 9.47 Å². The minimum atomic E-state index is 0.288. The van der Waals surface area contributed by atoms with Gasteiger partial charge in [0.1, 0.15) is 0 Å². The zero-order valence-corrected chi connectivity index (χ0v) is 8.81. The van der Waals surface area contributed by atoms with Crippen molar-refractivity contribution in [3.8, 4) is 0 Å². The summed E-state index contributed by atoms with van der Waals surface area (Å²) in [5.74, 6) is 0. The number of rotatable bonds is 2. The van der Waals surface area contributed by atoms with E-state index in [-0.39, 0.29) is 5.41 Å². The number of ether oxygens (including phenoxy) is 2. The molecule has 2 unspecified atom stereocenters. The van der Waals surface area contributed by atoms with Gasteiger partial charge in [0.25, 0.3) is 0 Å².